The van der Waals surface area contributed by atoms with Crippen molar-refractivity contribution in [2.75, 3.05) is 13.1 Å². The number of aromatic nitrogens is 2. The molecule has 4 rings (SSSR count). The summed E-state index contributed by atoms with van der Waals surface area (Å²) in [6.45, 7) is 5.33. The maximum absolute atomic E-state index is 14.8. The van der Waals surface area contributed by atoms with E-state index < -0.39 is 17.3 Å². The number of carbonyl (C=O) groups excluding carboxylic acids is 1. The minimum absolute atomic E-state index is 0.0152. The van der Waals surface area contributed by atoms with E-state index in [4.69, 9.17) is 11.6 Å². The lowest BCUT2D eigenvalue weighted by Gasteiger charge is -2.43. The highest BCUT2D eigenvalue weighted by Gasteiger charge is 2.43. The van der Waals surface area contributed by atoms with Crippen molar-refractivity contribution in [3.05, 3.63) is 28.7 Å². The van der Waals surface area contributed by atoms with E-state index in [1.807, 2.05) is 18.7 Å². The van der Waals surface area contributed by atoms with Crippen molar-refractivity contribution in [3.63, 3.8) is 0 Å². The molecular formula is C20H25ClFN3O2. The zero-order chi connectivity index (χ0) is 19.3. The number of amides is 1. The van der Waals surface area contributed by atoms with E-state index in [0.29, 0.717) is 24.0 Å². The average molecular weight is 394 g/mol. The van der Waals surface area contributed by atoms with Gasteiger partial charge in [-0.05, 0) is 43.1 Å². The number of H-pyrrole nitrogens is 1. The second-order valence-corrected chi connectivity index (χ2v) is 8.93. The van der Waals surface area contributed by atoms with Crippen molar-refractivity contribution < 1.29 is 14.3 Å². The van der Waals surface area contributed by atoms with Crippen LogP contribution in [0.1, 0.15) is 51.2 Å². The largest absolute Gasteiger partial charge is 0.388 e. The van der Waals surface area contributed by atoms with Gasteiger partial charge in [0.05, 0.1) is 22.8 Å². The highest BCUT2D eigenvalue weighted by Crippen LogP contribution is 2.47. The maximum atomic E-state index is 14.8. The summed E-state index contributed by atoms with van der Waals surface area (Å²) in [7, 11) is 0. The first-order valence-electron chi connectivity index (χ1n) is 9.58. The number of rotatable bonds is 4. The molecule has 1 aromatic carbocycles. The van der Waals surface area contributed by atoms with Gasteiger partial charge in [0.2, 0.25) is 5.91 Å². The van der Waals surface area contributed by atoms with Crippen LogP contribution in [-0.4, -0.2) is 39.2 Å². The number of aromatic amines is 1. The molecule has 2 aromatic rings. The average Bonchev–Trinajstić information content (AvgIpc) is 3.41. The molecule has 7 heteroatoms. The molecule has 1 saturated heterocycles. The zero-order valence-electron chi connectivity index (χ0n) is 15.6. The van der Waals surface area contributed by atoms with Crippen LogP contribution < -0.4 is 0 Å². The van der Waals surface area contributed by atoms with Crippen molar-refractivity contribution in [1.29, 1.82) is 0 Å². The first-order chi connectivity index (χ1) is 12.8. The zero-order valence-corrected chi connectivity index (χ0v) is 16.4. The molecule has 1 aliphatic heterocycles. The number of nitrogens with zero attached hydrogens (tertiary/aromatic N) is 2. The number of carbonyl (C=O) groups is 1. The predicted octanol–water partition coefficient (Wildman–Crippen LogP) is 4.06. The molecule has 2 heterocycles. The SMILES string of the molecule is CC(C)(C1CCN(C(=O)C2CC2)CC1)C(O)c1c(F)c(Cl)cc2cn[nH]c12. The van der Waals surface area contributed by atoms with Gasteiger partial charge >= 0.3 is 0 Å². The van der Waals surface area contributed by atoms with Crippen LogP contribution in [0.5, 0.6) is 0 Å². The molecular weight excluding hydrogens is 369 g/mol. The second-order valence-electron chi connectivity index (χ2n) is 8.52. The molecule has 2 N–H and O–H groups in total. The molecule has 1 unspecified atom stereocenters. The number of likely N-dealkylation sites (tertiary alicyclic amines) is 1. The van der Waals surface area contributed by atoms with Crippen LogP contribution in [0.3, 0.4) is 0 Å². The number of benzene rings is 1. The molecule has 1 amide bonds. The maximum Gasteiger partial charge on any atom is 0.225 e. The van der Waals surface area contributed by atoms with Gasteiger partial charge in [-0.3, -0.25) is 9.89 Å². The topological polar surface area (TPSA) is 69.2 Å². The number of piperidine rings is 1. The number of hydrogen-bond acceptors (Lipinski definition) is 3. The second kappa shape index (κ2) is 6.74. The number of aliphatic hydroxyl groups excluding tert-OH is 1. The predicted molar refractivity (Wildman–Crippen MR) is 102 cm³/mol. The monoisotopic (exact) mass is 393 g/mol. The Bertz CT molecular complexity index is 869. The Morgan fingerprint density at radius 2 is 2.04 bits per heavy atom. The molecule has 1 aliphatic carbocycles. The van der Waals surface area contributed by atoms with Crippen LogP contribution in [0, 0.1) is 23.1 Å². The Morgan fingerprint density at radius 1 is 1.37 bits per heavy atom. The van der Waals surface area contributed by atoms with Gasteiger partial charge in [0.25, 0.3) is 0 Å². The van der Waals surface area contributed by atoms with Gasteiger partial charge in [-0.2, -0.15) is 5.10 Å². The summed E-state index contributed by atoms with van der Waals surface area (Å²) in [4.78, 5) is 14.2. The quantitative estimate of drug-likeness (QED) is 0.822. The van der Waals surface area contributed by atoms with Crippen LogP contribution in [0.25, 0.3) is 10.9 Å². The fraction of sp³-hybridized carbons (Fsp3) is 0.600. The van der Waals surface area contributed by atoms with Crippen molar-refractivity contribution in [1.82, 2.24) is 15.1 Å². The number of nitrogens with one attached hydrogen (secondary N) is 1. The van der Waals surface area contributed by atoms with E-state index in [2.05, 4.69) is 10.2 Å². The summed E-state index contributed by atoms with van der Waals surface area (Å²) >= 11 is 6.05. The van der Waals surface area contributed by atoms with Gasteiger partial charge < -0.3 is 10.0 Å². The fourth-order valence-corrected chi connectivity index (χ4v) is 4.56. The smallest absolute Gasteiger partial charge is 0.225 e. The molecule has 5 nitrogen and oxygen atoms in total. The van der Waals surface area contributed by atoms with Crippen molar-refractivity contribution in [2.45, 2.75) is 45.6 Å². The number of hydrogen-bond donors (Lipinski definition) is 2. The molecule has 1 atom stereocenters. The molecule has 2 fully saturated rings. The summed E-state index contributed by atoms with van der Waals surface area (Å²) in [5.41, 5.74) is 0.0912. The first kappa shape index (κ1) is 18.7. The van der Waals surface area contributed by atoms with Crippen LogP contribution in [0.2, 0.25) is 5.02 Å². The van der Waals surface area contributed by atoms with Gasteiger partial charge in [-0.15, -0.1) is 0 Å². The summed E-state index contributed by atoms with van der Waals surface area (Å²) in [5.74, 6) is 0.0728. The molecule has 0 radical (unpaired) electrons. The molecule has 0 spiro atoms. The molecule has 27 heavy (non-hydrogen) atoms. The standard InChI is InChI=1S/C20H25ClFN3O2/c1-20(2,13-5-7-25(8-6-13)19(27)11-3-4-11)18(26)15-16(22)14(21)9-12-10-23-24-17(12)15/h9-11,13,18,26H,3-8H2,1-2H3,(H,23,24). The number of aliphatic hydroxyl groups is 1. The number of halogens is 2. The Labute approximate surface area is 162 Å². The molecule has 2 aliphatic rings. The third-order valence-corrected chi connectivity index (χ3v) is 6.71. The molecule has 146 valence electrons. The van der Waals surface area contributed by atoms with Gasteiger partial charge in [0.15, 0.2) is 0 Å². The van der Waals surface area contributed by atoms with Crippen LogP contribution in [0.15, 0.2) is 12.3 Å². The summed E-state index contributed by atoms with van der Waals surface area (Å²) in [5, 5.41) is 18.6. The fourth-order valence-electron chi connectivity index (χ4n) is 4.34. The Kier molecular flexibility index (Phi) is 4.67. The minimum atomic E-state index is -1.03. The van der Waals surface area contributed by atoms with E-state index in [9.17, 15) is 14.3 Å². The Balaban J connectivity index is 1.56. The number of fused-ring (bicyclic) bond motifs is 1. The van der Waals surface area contributed by atoms with Gasteiger partial charge in [-0.1, -0.05) is 25.4 Å². The summed E-state index contributed by atoms with van der Waals surface area (Å²) in [6.07, 6.45) is 4.17. The van der Waals surface area contributed by atoms with Crippen LogP contribution in [0.4, 0.5) is 4.39 Å². The molecule has 1 saturated carbocycles. The van der Waals surface area contributed by atoms with E-state index in [0.717, 1.165) is 25.7 Å². The van der Waals surface area contributed by atoms with Crippen molar-refractivity contribution in [2.24, 2.45) is 17.3 Å². The third kappa shape index (κ3) is 3.23. The van der Waals surface area contributed by atoms with Gasteiger partial charge in [0, 0.05) is 30.0 Å². The van der Waals surface area contributed by atoms with E-state index in [-0.39, 0.29) is 28.3 Å². The lowest BCUT2D eigenvalue weighted by atomic mass is 9.68. The minimum Gasteiger partial charge on any atom is -0.388 e. The summed E-state index contributed by atoms with van der Waals surface area (Å²) in [6, 6.07) is 1.51. The lowest BCUT2D eigenvalue weighted by Crippen LogP contribution is -2.44. The van der Waals surface area contributed by atoms with E-state index in [1.54, 1.807) is 6.20 Å². The van der Waals surface area contributed by atoms with Crippen LogP contribution >= 0.6 is 11.6 Å². The third-order valence-electron chi connectivity index (χ3n) is 6.43. The normalized spacial score (nSPS) is 20.3. The van der Waals surface area contributed by atoms with Crippen molar-refractivity contribution >= 4 is 28.4 Å². The van der Waals surface area contributed by atoms with E-state index in [1.165, 1.54) is 6.07 Å². The molecule has 1 aromatic heterocycles. The lowest BCUT2D eigenvalue weighted by molar-refractivity contribution is -0.135. The van der Waals surface area contributed by atoms with Gasteiger partial charge in [-0.25, -0.2) is 4.39 Å². The first-order valence-corrected chi connectivity index (χ1v) is 9.96. The van der Waals surface area contributed by atoms with E-state index >= 15 is 0 Å². The Morgan fingerprint density at radius 3 is 2.67 bits per heavy atom. The van der Waals surface area contributed by atoms with Crippen LogP contribution in [-0.2, 0) is 4.79 Å². The van der Waals surface area contributed by atoms with Gasteiger partial charge in [0.1, 0.15) is 5.82 Å². The summed E-state index contributed by atoms with van der Waals surface area (Å²) < 4.78 is 14.8. The van der Waals surface area contributed by atoms with Crippen molar-refractivity contribution in [3.8, 4) is 0 Å². The highest BCUT2D eigenvalue weighted by atomic mass is 35.5. The highest BCUT2D eigenvalue weighted by molar-refractivity contribution is 6.31. The molecule has 0 bridgehead atoms. The Hall–Kier alpha value is -1.66.